The molecule has 0 bridgehead atoms. The summed E-state index contributed by atoms with van der Waals surface area (Å²) < 4.78 is 13.6. The first-order valence-corrected chi connectivity index (χ1v) is 5.61. The van der Waals surface area contributed by atoms with Gasteiger partial charge in [-0.05, 0) is 18.2 Å². The second-order valence-electron chi connectivity index (χ2n) is 4.09. The molecule has 2 nitrogen and oxygen atoms in total. The zero-order valence-corrected chi connectivity index (χ0v) is 9.68. The van der Waals surface area contributed by atoms with Crippen LogP contribution in [0.5, 0.6) is 0 Å². The minimum atomic E-state index is -0.383. The average Bonchev–Trinajstić information content (AvgIpc) is 2.39. The molecule has 0 aliphatic heterocycles. The summed E-state index contributed by atoms with van der Waals surface area (Å²) in [6.45, 7) is 1.96. The second-order valence-corrected chi connectivity index (χ2v) is 4.09. The van der Waals surface area contributed by atoms with Crippen molar-refractivity contribution in [2.45, 2.75) is 18.9 Å². The first-order valence-electron chi connectivity index (χ1n) is 5.61. The van der Waals surface area contributed by atoms with E-state index in [0.29, 0.717) is 5.56 Å². The van der Waals surface area contributed by atoms with Gasteiger partial charge in [-0.1, -0.05) is 31.2 Å². The van der Waals surface area contributed by atoms with Crippen LogP contribution in [0.25, 0.3) is 0 Å². The van der Waals surface area contributed by atoms with Crippen molar-refractivity contribution in [2.75, 3.05) is 0 Å². The summed E-state index contributed by atoms with van der Waals surface area (Å²) in [6, 6.07) is 11.9. The van der Waals surface area contributed by atoms with Crippen molar-refractivity contribution in [3.8, 4) is 0 Å². The van der Waals surface area contributed by atoms with E-state index in [2.05, 4.69) is 4.98 Å². The smallest absolute Gasteiger partial charge is 0.127 e. The number of rotatable bonds is 3. The number of aromatic nitrogens is 1. The van der Waals surface area contributed by atoms with E-state index < -0.39 is 0 Å². The standard InChI is InChI=1S/C14H15FN2/c1-10(13-8-4-5-9-17-13)14(16)11-6-2-3-7-12(11)15/h2-10,14H,16H2,1H3. The SMILES string of the molecule is CC(c1ccccn1)C(N)c1ccccc1F. The lowest BCUT2D eigenvalue weighted by molar-refractivity contribution is 0.533. The van der Waals surface area contributed by atoms with E-state index >= 15 is 0 Å². The summed E-state index contributed by atoms with van der Waals surface area (Å²) in [5, 5.41) is 0. The first-order chi connectivity index (χ1) is 8.20. The molecule has 2 atom stereocenters. The fourth-order valence-corrected chi connectivity index (χ4v) is 1.84. The molecule has 3 heteroatoms. The lowest BCUT2D eigenvalue weighted by Gasteiger charge is -2.20. The molecule has 0 fully saturated rings. The molecule has 0 saturated heterocycles. The van der Waals surface area contributed by atoms with Gasteiger partial charge in [0.15, 0.2) is 0 Å². The highest BCUT2D eigenvalue weighted by Gasteiger charge is 2.20. The van der Waals surface area contributed by atoms with E-state index in [9.17, 15) is 4.39 Å². The van der Waals surface area contributed by atoms with Gasteiger partial charge in [0.05, 0.1) is 0 Å². The minimum absolute atomic E-state index is 0.0203. The number of nitrogens with two attached hydrogens (primary N) is 1. The van der Waals surface area contributed by atoms with Gasteiger partial charge in [-0.25, -0.2) is 4.39 Å². The highest BCUT2D eigenvalue weighted by atomic mass is 19.1. The molecule has 2 rings (SSSR count). The van der Waals surface area contributed by atoms with Crippen LogP contribution in [0.4, 0.5) is 4.39 Å². The van der Waals surface area contributed by atoms with Crippen molar-refractivity contribution >= 4 is 0 Å². The molecule has 0 spiro atoms. The zero-order valence-electron chi connectivity index (χ0n) is 9.68. The normalized spacial score (nSPS) is 14.3. The maximum atomic E-state index is 13.6. The summed E-state index contributed by atoms with van der Waals surface area (Å²) in [5.74, 6) is -0.282. The Morgan fingerprint density at radius 1 is 1.12 bits per heavy atom. The third-order valence-electron chi connectivity index (χ3n) is 2.96. The van der Waals surface area contributed by atoms with Gasteiger partial charge in [0.1, 0.15) is 5.82 Å². The van der Waals surface area contributed by atoms with Crippen LogP contribution < -0.4 is 5.73 Å². The molecule has 0 radical (unpaired) electrons. The number of hydrogen-bond donors (Lipinski definition) is 1. The highest BCUT2D eigenvalue weighted by Crippen LogP contribution is 2.28. The summed E-state index contributed by atoms with van der Waals surface area (Å²) in [4.78, 5) is 4.25. The van der Waals surface area contributed by atoms with E-state index in [4.69, 9.17) is 5.73 Å². The Balaban J connectivity index is 2.27. The third-order valence-corrected chi connectivity index (χ3v) is 2.96. The van der Waals surface area contributed by atoms with Crippen molar-refractivity contribution in [3.05, 3.63) is 65.7 Å². The van der Waals surface area contributed by atoms with E-state index in [1.165, 1.54) is 6.07 Å². The van der Waals surface area contributed by atoms with Gasteiger partial charge < -0.3 is 5.73 Å². The molecular formula is C14H15FN2. The van der Waals surface area contributed by atoms with Gasteiger partial charge in [-0.2, -0.15) is 0 Å². The molecule has 2 aromatic rings. The average molecular weight is 230 g/mol. The van der Waals surface area contributed by atoms with Gasteiger partial charge >= 0.3 is 0 Å². The van der Waals surface area contributed by atoms with Crippen LogP contribution in [0, 0.1) is 5.82 Å². The third kappa shape index (κ3) is 2.50. The Morgan fingerprint density at radius 2 is 1.82 bits per heavy atom. The quantitative estimate of drug-likeness (QED) is 0.880. The molecule has 2 unspecified atom stereocenters. The van der Waals surface area contributed by atoms with Crippen LogP contribution in [0.15, 0.2) is 48.7 Å². The Kier molecular flexibility index (Phi) is 3.49. The van der Waals surface area contributed by atoms with Crippen LogP contribution in [0.1, 0.15) is 30.1 Å². The fourth-order valence-electron chi connectivity index (χ4n) is 1.84. The number of benzene rings is 1. The number of halogens is 1. The van der Waals surface area contributed by atoms with E-state index in [1.54, 1.807) is 24.4 Å². The molecule has 0 amide bonds. The van der Waals surface area contributed by atoms with Gasteiger partial charge in [0.2, 0.25) is 0 Å². The van der Waals surface area contributed by atoms with Gasteiger partial charge in [0.25, 0.3) is 0 Å². The maximum Gasteiger partial charge on any atom is 0.127 e. The monoisotopic (exact) mass is 230 g/mol. The van der Waals surface area contributed by atoms with Crippen molar-refractivity contribution in [1.82, 2.24) is 4.98 Å². The molecular weight excluding hydrogens is 215 g/mol. The molecule has 0 saturated carbocycles. The zero-order chi connectivity index (χ0) is 12.3. The lowest BCUT2D eigenvalue weighted by atomic mass is 9.92. The Labute approximate surface area is 100 Å². The van der Waals surface area contributed by atoms with Crippen molar-refractivity contribution in [2.24, 2.45) is 5.73 Å². The summed E-state index contributed by atoms with van der Waals surface area (Å²) in [7, 11) is 0. The van der Waals surface area contributed by atoms with E-state index in [0.717, 1.165) is 5.69 Å². The van der Waals surface area contributed by atoms with Gasteiger partial charge in [-0.3, -0.25) is 4.98 Å². The molecule has 0 aliphatic carbocycles. The van der Waals surface area contributed by atoms with Crippen molar-refractivity contribution in [3.63, 3.8) is 0 Å². The predicted molar refractivity (Wildman–Crippen MR) is 66.0 cm³/mol. The fraction of sp³-hybridized carbons (Fsp3) is 0.214. The molecule has 88 valence electrons. The topological polar surface area (TPSA) is 38.9 Å². The molecule has 1 aromatic heterocycles. The Morgan fingerprint density at radius 3 is 2.47 bits per heavy atom. The van der Waals surface area contributed by atoms with Crippen LogP contribution in [-0.2, 0) is 0 Å². The van der Waals surface area contributed by atoms with Crippen LogP contribution >= 0.6 is 0 Å². The van der Waals surface area contributed by atoms with Crippen LogP contribution in [0.2, 0.25) is 0 Å². The number of hydrogen-bond acceptors (Lipinski definition) is 2. The largest absolute Gasteiger partial charge is 0.323 e. The second kappa shape index (κ2) is 5.06. The Bertz CT molecular complexity index is 485. The van der Waals surface area contributed by atoms with Crippen LogP contribution in [0.3, 0.4) is 0 Å². The number of nitrogens with zero attached hydrogens (tertiary/aromatic N) is 1. The summed E-state index contributed by atoms with van der Waals surface area (Å²) >= 11 is 0. The molecule has 1 aromatic carbocycles. The van der Waals surface area contributed by atoms with Gasteiger partial charge in [-0.15, -0.1) is 0 Å². The predicted octanol–water partition coefficient (Wildman–Crippen LogP) is 3.02. The molecule has 2 N–H and O–H groups in total. The summed E-state index contributed by atoms with van der Waals surface area (Å²) in [6.07, 6.45) is 1.72. The van der Waals surface area contributed by atoms with E-state index in [1.807, 2.05) is 25.1 Å². The lowest BCUT2D eigenvalue weighted by Crippen LogP contribution is -2.19. The maximum absolute atomic E-state index is 13.6. The minimum Gasteiger partial charge on any atom is -0.323 e. The first kappa shape index (κ1) is 11.7. The molecule has 17 heavy (non-hydrogen) atoms. The van der Waals surface area contributed by atoms with E-state index in [-0.39, 0.29) is 17.8 Å². The highest BCUT2D eigenvalue weighted by molar-refractivity contribution is 5.25. The molecule has 1 heterocycles. The van der Waals surface area contributed by atoms with Crippen molar-refractivity contribution < 1.29 is 4.39 Å². The van der Waals surface area contributed by atoms with Gasteiger partial charge in [0, 0.05) is 29.4 Å². The molecule has 0 aliphatic rings. The van der Waals surface area contributed by atoms with Crippen molar-refractivity contribution in [1.29, 1.82) is 0 Å². The van der Waals surface area contributed by atoms with Crippen LogP contribution in [-0.4, -0.2) is 4.98 Å². The summed E-state index contributed by atoms with van der Waals surface area (Å²) in [5.41, 5.74) is 7.50. The Hall–Kier alpha value is -1.74. The number of pyridine rings is 1.